The van der Waals surface area contributed by atoms with Crippen LogP contribution in [0.3, 0.4) is 0 Å². The van der Waals surface area contributed by atoms with E-state index in [1.807, 2.05) is 91.0 Å². The normalized spacial score (nSPS) is 13.2. The van der Waals surface area contributed by atoms with Crippen molar-refractivity contribution in [2.45, 2.75) is 0 Å². The fourth-order valence-corrected chi connectivity index (χ4v) is 4.10. The maximum absolute atomic E-state index is 13.7. The molecule has 5 aromatic rings. The van der Waals surface area contributed by atoms with Crippen LogP contribution in [0.4, 0.5) is 0 Å². The van der Waals surface area contributed by atoms with Crippen LogP contribution in [-0.2, 0) is 0 Å². The van der Waals surface area contributed by atoms with E-state index in [9.17, 15) is 4.79 Å². The molecule has 1 N–H and O–H groups in total. The predicted octanol–water partition coefficient (Wildman–Crippen LogP) is 2.11. The number of methoxy groups -OCH3 is 1. The van der Waals surface area contributed by atoms with Gasteiger partial charge in [-0.25, -0.2) is 8.97 Å². The van der Waals surface area contributed by atoms with Crippen molar-refractivity contribution in [1.29, 1.82) is 0 Å². The third-order valence-corrected chi connectivity index (χ3v) is 5.74. The van der Waals surface area contributed by atoms with Crippen molar-refractivity contribution in [2.75, 3.05) is 7.11 Å². The molecule has 8 nitrogen and oxygen atoms in total. The van der Waals surface area contributed by atoms with Gasteiger partial charge in [0.25, 0.3) is 11.2 Å². The Morgan fingerprint density at radius 2 is 1.62 bits per heavy atom. The first-order valence-electron chi connectivity index (χ1n) is 10.8. The van der Waals surface area contributed by atoms with Crippen molar-refractivity contribution in [2.24, 2.45) is 5.10 Å². The quantitative estimate of drug-likeness (QED) is 0.457. The zero-order valence-corrected chi connectivity index (χ0v) is 18.3. The Bertz CT molecular complexity index is 1710. The molecule has 0 aliphatic carbocycles. The number of para-hydroxylation sites is 1. The molecule has 3 aromatic carbocycles. The Morgan fingerprint density at radius 1 is 0.912 bits per heavy atom. The average Bonchev–Trinajstić information content (AvgIpc) is 3.39. The molecular weight excluding hydrogens is 428 g/mol. The fourth-order valence-electron chi connectivity index (χ4n) is 4.10. The summed E-state index contributed by atoms with van der Waals surface area (Å²) in [5.41, 5.74) is 6.70. The summed E-state index contributed by atoms with van der Waals surface area (Å²) in [6, 6.07) is 27.0. The minimum absolute atomic E-state index is 0.182. The zero-order chi connectivity index (χ0) is 23.1. The van der Waals surface area contributed by atoms with E-state index in [1.54, 1.807) is 27.0 Å². The number of fused-ring (bicyclic) bond motifs is 3. The molecule has 0 saturated heterocycles. The minimum Gasteiger partial charge on any atom is -0.497 e. The summed E-state index contributed by atoms with van der Waals surface area (Å²) in [5.74, 6) is 1.22. The first-order valence-corrected chi connectivity index (χ1v) is 10.8. The van der Waals surface area contributed by atoms with Gasteiger partial charge in [-0.2, -0.15) is 4.68 Å². The van der Waals surface area contributed by atoms with Crippen molar-refractivity contribution in [3.63, 3.8) is 0 Å². The van der Waals surface area contributed by atoms with Crippen molar-refractivity contribution in [3.8, 4) is 11.4 Å². The van der Waals surface area contributed by atoms with E-state index in [-0.39, 0.29) is 5.56 Å². The number of aromatic nitrogens is 4. The van der Waals surface area contributed by atoms with E-state index in [1.165, 1.54) is 0 Å². The summed E-state index contributed by atoms with van der Waals surface area (Å²) in [7, 11) is 1.62. The second-order valence-electron chi connectivity index (χ2n) is 7.76. The Morgan fingerprint density at radius 3 is 2.32 bits per heavy atom. The summed E-state index contributed by atoms with van der Waals surface area (Å²) in [6.45, 7) is 0. The van der Waals surface area contributed by atoms with Crippen molar-refractivity contribution in [3.05, 3.63) is 124 Å². The van der Waals surface area contributed by atoms with Gasteiger partial charge in [-0.1, -0.05) is 60.7 Å². The molecule has 0 bridgehead atoms. The maximum atomic E-state index is 13.7. The molecule has 0 saturated carbocycles. The van der Waals surface area contributed by atoms with E-state index >= 15 is 0 Å². The van der Waals surface area contributed by atoms with E-state index in [4.69, 9.17) is 9.84 Å². The highest BCUT2D eigenvalue weighted by molar-refractivity contribution is 5.66. The molecule has 1 aliphatic rings. The van der Waals surface area contributed by atoms with Crippen LogP contribution >= 0.6 is 0 Å². The predicted molar refractivity (Wildman–Crippen MR) is 129 cm³/mol. The molecule has 0 amide bonds. The van der Waals surface area contributed by atoms with Gasteiger partial charge in [-0.3, -0.25) is 10.2 Å². The van der Waals surface area contributed by atoms with Crippen LogP contribution in [0.1, 0.15) is 11.1 Å². The van der Waals surface area contributed by atoms with Crippen LogP contribution in [0.2, 0.25) is 0 Å². The first-order chi connectivity index (χ1) is 16.7. The molecule has 0 atom stereocenters. The number of imidazole rings is 1. The molecule has 0 radical (unpaired) electrons. The van der Waals surface area contributed by atoms with Crippen LogP contribution in [0.5, 0.6) is 5.75 Å². The lowest BCUT2D eigenvalue weighted by atomic mass is 10.2. The topological polar surface area (TPSA) is 77.9 Å². The Balaban J connectivity index is 1.68. The highest BCUT2D eigenvalue weighted by Crippen LogP contribution is 2.16. The molecular formula is C26H20N6O2. The smallest absolute Gasteiger partial charge is 0.282 e. The molecule has 1 aliphatic heterocycles. The van der Waals surface area contributed by atoms with Gasteiger partial charge in [0.05, 0.1) is 18.5 Å². The van der Waals surface area contributed by atoms with Crippen molar-refractivity contribution < 1.29 is 4.74 Å². The number of benzene rings is 3. The van der Waals surface area contributed by atoms with Gasteiger partial charge < -0.3 is 4.74 Å². The highest BCUT2D eigenvalue weighted by Gasteiger charge is 2.21. The third-order valence-electron chi connectivity index (χ3n) is 5.74. The lowest BCUT2D eigenvalue weighted by Gasteiger charge is -2.11. The van der Waals surface area contributed by atoms with Crippen LogP contribution in [0.25, 0.3) is 23.2 Å². The molecule has 166 valence electrons. The lowest BCUT2D eigenvalue weighted by molar-refractivity contribution is 0.415. The fraction of sp³-hybridized carbons (Fsp3) is 0.0385. The van der Waals surface area contributed by atoms with Crippen LogP contribution < -0.4 is 26.7 Å². The van der Waals surface area contributed by atoms with Crippen molar-refractivity contribution in [1.82, 2.24) is 24.2 Å². The maximum Gasteiger partial charge on any atom is 0.282 e. The highest BCUT2D eigenvalue weighted by atomic mass is 16.5. The Labute approximate surface area is 194 Å². The van der Waals surface area contributed by atoms with Gasteiger partial charge in [0.2, 0.25) is 5.78 Å². The van der Waals surface area contributed by atoms with Gasteiger partial charge >= 0.3 is 0 Å². The van der Waals surface area contributed by atoms with Gasteiger partial charge in [-0.05, 0) is 35.9 Å². The van der Waals surface area contributed by atoms with Crippen LogP contribution in [0, 0.1) is 0 Å². The Kier molecular flexibility index (Phi) is 4.62. The molecule has 3 heterocycles. The Hall–Kier alpha value is -4.85. The van der Waals surface area contributed by atoms with E-state index in [2.05, 4.69) is 10.5 Å². The second kappa shape index (κ2) is 7.93. The van der Waals surface area contributed by atoms with Crippen molar-refractivity contribution >= 4 is 17.6 Å². The zero-order valence-electron chi connectivity index (χ0n) is 18.3. The monoisotopic (exact) mass is 448 g/mol. The molecule has 34 heavy (non-hydrogen) atoms. The molecule has 0 spiro atoms. The number of nitrogens with one attached hydrogen (secondary N) is 1. The average molecular weight is 448 g/mol. The van der Waals surface area contributed by atoms with E-state index in [0.717, 1.165) is 28.3 Å². The largest absolute Gasteiger partial charge is 0.497 e. The number of hydrogen-bond donors (Lipinski definition) is 1. The number of nitrogens with zero attached hydrogens (tertiary/aromatic N) is 5. The molecule has 2 aromatic heterocycles. The first kappa shape index (κ1) is 19.8. The second-order valence-corrected chi connectivity index (χ2v) is 7.76. The lowest BCUT2D eigenvalue weighted by Crippen LogP contribution is -2.39. The summed E-state index contributed by atoms with van der Waals surface area (Å²) in [6.07, 6.45) is 3.64. The minimum atomic E-state index is -0.182. The summed E-state index contributed by atoms with van der Waals surface area (Å²) in [4.78, 5) is 13.7. The summed E-state index contributed by atoms with van der Waals surface area (Å²) < 4.78 is 10.4. The molecule has 6 rings (SSSR count). The summed E-state index contributed by atoms with van der Waals surface area (Å²) >= 11 is 0. The van der Waals surface area contributed by atoms with Crippen LogP contribution in [0.15, 0.2) is 101 Å². The van der Waals surface area contributed by atoms with E-state index < -0.39 is 0 Å². The molecule has 0 unspecified atom stereocenters. The van der Waals surface area contributed by atoms with Gasteiger partial charge in [0, 0.05) is 11.8 Å². The van der Waals surface area contributed by atoms with Gasteiger partial charge in [0.15, 0.2) is 0 Å². The number of ether oxygens (including phenoxy) is 1. The van der Waals surface area contributed by atoms with E-state index in [0.29, 0.717) is 16.7 Å². The van der Waals surface area contributed by atoms with Gasteiger partial charge in [0.1, 0.15) is 11.1 Å². The molecule has 8 heteroatoms. The standard InChI is InChI=1S/C26H20N6O2/c1-34-21-14-12-18(13-15-21)16-22-24(33)30(20-10-6-3-7-11-20)26-29-32-23(19-8-4-2-5-9-19)17-27-28-25(32)31(22)26/h2-17,27H,1H3/b22-16+. The third kappa shape index (κ3) is 3.12. The van der Waals surface area contributed by atoms with Crippen LogP contribution in [-0.4, -0.2) is 25.9 Å². The number of rotatable bonds is 4. The summed E-state index contributed by atoms with van der Waals surface area (Å²) in [5, 5.41) is 9.77. The number of hydrogen-bond acceptors (Lipinski definition) is 5. The SMILES string of the molecule is COc1ccc(/C=c2\c(=O)n(-c3ccccc3)c3nn4c(n23)=NNC=C4c2ccccc2)cc1. The molecule has 0 fully saturated rings. The van der Waals surface area contributed by atoms with Gasteiger partial charge in [-0.15, -0.1) is 10.2 Å².